The SMILES string of the molecule is CCOP(=O)(OCC)OCCCCOC(=O)c1ccc(C)cc1SC(C)=O. The fourth-order valence-electron chi connectivity index (χ4n) is 2.09. The second kappa shape index (κ2) is 12.3. The zero-order chi connectivity index (χ0) is 20.3. The van der Waals surface area contributed by atoms with Crippen LogP contribution in [-0.4, -0.2) is 37.5 Å². The zero-order valence-corrected chi connectivity index (χ0v) is 17.9. The summed E-state index contributed by atoms with van der Waals surface area (Å²) in [5.74, 6) is -0.478. The largest absolute Gasteiger partial charge is 0.474 e. The zero-order valence-electron chi connectivity index (χ0n) is 16.2. The summed E-state index contributed by atoms with van der Waals surface area (Å²) in [5, 5.41) is -0.0974. The molecule has 0 radical (unpaired) electrons. The lowest BCUT2D eigenvalue weighted by molar-refractivity contribution is -0.109. The van der Waals surface area contributed by atoms with E-state index in [0.29, 0.717) is 23.3 Å². The number of hydrogen-bond acceptors (Lipinski definition) is 8. The molecule has 0 bridgehead atoms. The summed E-state index contributed by atoms with van der Waals surface area (Å²) in [6.45, 7) is 7.57. The molecule has 1 aromatic carbocycles. The Hall–Kier alpha value is -1.18. The lowest BCUT2D eigenvalue weighted by Crippen LogP contribution is -2.09. The van der Waals surface area contributed by atoms with Crippen molar-refractivity contribution in [3.8, 4) is 0 Å². The van der Waals surface area contributed by atoms with Gasteiger partial charge in [-0.3, -0.25) is 18.4 Å². The van der Waals surface area contributed by atoms with Crippen LogP contribution >= 0.6 is 19.6 Å². The molecule has 152 valence electrons. The fourth-order valence-corrected chi connectivity index (χ4v) is 4.11. The van der Waals surface area contributed by atoms with E-state index in [-0.39, 0.29) is 31.5 Å². The number of ether oxygens (including phenoxy) is 1. The van der Waals surface area contributed by atoms with Crippen molar-refractivity contribution in [3.63, 3.8) is 0 Å². The molecule has 0 spiro atoms. The van der Waals surface area contributed by atoms with E-state index < -0.39 is 13.8 Å². The van der Waals surface area contributed by atoms with Crippen molar-refractivity contribution in [3.05, 3.63) is 29.3 Å². The Balaban J connectivity index is 2.44. The van der Waals surface area contributed by atoms with Crippen LogP contribution in [0.1, 0.15) is 49.5 Å². The van der Waals surface area contributed by atoms with Gasteiger partial charge in [-0.1, -0.05) is 17.8 Å². The average Bonchev–Trinajstić information content (AvgIpc) is 2.57. The number of carbonyl (C=O) groups is 2. The van der Waals surface area contributed by atoms with Crippen molar-refractivity contribution in [1.82, 2.24) is 0 Å². The maximum atomic E-state index is 12.3. The summed E-state index contributed by atoms with van der Waals surface area (Å²) < 4.78 is 32.6. The average molecular weight is 418 g/mol. The normalized spacial score (nSPS) is 11.4. The molecular weight excluding hydrogens is 391 g/mol. The number of thioether (sulfide) groups is 1. The molecule has 0 saturated carbocycles. The molecule has 0 unspecified atom stereocenters. The maximum absolute atomic E-state index is 12.3. The smallest absolute Gasteiger partial charge is 0.462 e. The molecule has 27 heavy (non-hydrogen) atoms. The molecular formula is C18H27O7PS. The lowest BCUT2D eigenvalue weighted by atomic mass is 10.1. The van der Waals surface area contributed by atoms with Gasteiger partial charge in [0.25, 0.3) is 0 Å². The van der Waals surface area contributed by atoms with Gasteiger partial charge < -0.3 is 4.74 Å². The van der Waals surface area contributed by atoms with Gasteiger partial charge >= 0.3 is 13.8 Å². The van der Waals surface area contributed by atoms with Gasteiger partial charge in [0, 0.05) is 11.8 Å². The Morgan fingerprint density at radius 3 is 2.26 bits per heavy atom. The Bertz CT molecular complexity index is 668. The van der Waals surface area contributed by atoms with E-state index in [1.165, 1.54) is 6.92 Å². The minimum absolute atomic E-state index is 0.0974. The number of phosphoric ester groups is 1. The number of aryl methyl sites for hydroxylation is 1. The van der Waals surface area contributed by atoms with E-state index in [1.807, 2.05) is 6.92 Å². The summed E-state index contributed by atoms with van der Waals surface area (Å²) >= 11 is 1.01. The number of esters is 1. The van der Waals surface area contributed by atoms with Crippen molar-refractivity contribution >= 4 is 30.7 Å². The predicted octanol–water partition coefficient (Wildman–Crippen LogP) is 4.77. The number of rotatable bonds is 12. The molecule has 1 aromatic rings. The third-order valence-corrected chi connectivity index (χ3v) is 5.70. The van der Waals surface area contributed by atoms with Crippen molar-refractivity contribution in [2.24, 2.45) is 0 Å². The molecule has 0 aromatic heterocycles. The predicted molar refractivity (Wildman–Crippen MR) is 104 cm³/mol. The number of benzene rings is 1. The van der Waals surface area contributed by atoms with Gasteiger partial charge in [0.05, 0.1) is 32.0 Å². The molecule has 0 saturated heterocycles. The second-order valence-corrected chi connectivity index (χ2v) is 8.44. The molecule has 0 aliphatic heterocycles. The minimum atomic E-state index is -3.50. The van der Waals surface area contributed by atoms with Gasteiger partial charge in [-0.05, 0) is 51.3 Å². The molecule has 0 aliphatic carbocycles. The molecule has 9 heteroatoms. The monoisotopic (exact) mass is 418 g/mol. The summed E-state index contributed by atoms with van der Waals surface area (Å²) in [6, 6.07) is 5.25. The van der Waals surface area contributed by atoms with Crippen molar-refractivity contribution in [2.45, 2.75) is 45.4 Å². The van der Waals surface area contributed by atoms with Gasteiger partial charge in [0.2, 0.25) is 0 Å². The van der Waals surface area contributed by atoms with Gasteiger partial charge in [-0.15, -0.1) is 0 Å². The standard InChI is InChI=1S/C18H27O7PS/c1-5-23-26(21,24-6-2)25-12-8-7-11-22-18(20)16-10-9-14(3)13-17(16)27-15(4)19/h9-10,13H,5-8,11-12H2,1-4H3. The fraction of sp³-hybridized carbons (Fsp3) is 0.556. The van der Waals surface area contributed by atoms with Crippen LogP contribution in [0.2, 0.25) is 0 Å². The van der Waals surface area contributed by atoms with Crippen LogP contribution in [0.15, 0.2) is 23.1 Å². The number of phosphoric acid groups is 1. The highest BCUT2D eigenvalue weighted by atomic mass is 32.2. The van der Waals surface area contributed by atoms with Crippen LogP contribution in [-0.2, 0) is 27.7 Å². The molecule has 0 aliphatic rings. The second-order valence-electron chi connectivity index (χ2n) is 5.55. The maximum Gasteiger partial charge on any atom is 0.474 e. The lowest BCUT2D eigenvalue weighted by Gasteiger charge is -2.16. The molecule has 7 nitrogen and oxygen atoms in total. The summed E-state index contributed by atoms with van der Waals surface area (Å²) in [4.78, 5) is 24.2. The summed E-state index contributed by atoms with van der Waals surface area (Å²) in [7, 11) is -3.50. The van der Waals surface area contributed by atoms with E-state index in [2.05, 4.69) is 0 Å². The Labute approximate surface area is 164 Å². The summed E-state index contributed by atoms with van der Waals surface area (Å²) in [6.07, 6.45) is 1.06. The van der Waals surface area contributed by atoms with Crippen LogP contribution < -0.4 is 0 Å². The first kappa shape index (κ1) is 23.9. The van der Waals surface area contributed by atoms with E-state index in [0.717, 1.165) is 17.3 Å². The molecule has 0 amide bonds. The summed E-state index contributed by atoms with van der Waals surface area (Å²) in [5.41, 5.74) is 1.33. The number of unbranched alkanes of at least 4 members (excludes halogenated alkanes) is 1. The third kappa shape index (κ3) is 9.04. The highest BCUT2D eigenvalue weighted by Gasteiger charge is 2.24. The first-order chi connectivity index (χ1) is 12.8. The van der Waals surface area contributed by atoms with Crippen LogP contribution in [0.4, 0.5) is 0 Å². The van der Waals surface area contributed by atoms with Crippen LogP contribution in [0, 0.1) is 6.92 Å². The van der Waals surface area contributed by atoms with Crippen LogP contribution in [0.25, 0.3) is 0 Å². The number of carbonyl (C=O) groups excluding carboxylic acids is 2. The number of hydrogen-bond donors (Lipinski definition) is 0. The van der Waals surface area contributed by atoms with Gasteiger partial charge in [0.1, 0.15) is 0 Å². The molecule has 1 rings (SSSR count). The molecule has 0 atom stereocenters. The Kier molecular flexibility index (Phi) is 10.9. The Morgan fingerprint density at radius 1 is 1.04 bits per heavy atom. The highest BCUT2D eigenvalue weighted by Crippen LogP contribution is 2.49. The molecule has 0 N–H and O–H groups in total. The van der Waals surface area contributed by atoms with E-state index in [4.69, 9.17) is 18.3 Å². The first-order valence-electron chi connectivity index (χ1n) is 8.81. The first-order valence-corrected chi connectivity index (χ1v) is 11.1. The quantitative estimate of drug-likeness (QED) is 0.208. The highest BCUT2D eigenvalue weighted by molar-refractivity contribution is 8.13. The van der Waals surface area contributed by atoms with Crippen molar-refractivity contribution < 1.29 is 32.5 Å². The van der Waals surface area contributed by atoms with Crippen LogP contribution in [0.5, 0.6) is 0 Å². The van der Waals surface area contributed by atoms with Crippen molar-refractivity contribution in [2.75, 3.05) is 26.4 Å². The van der Waals surface area contributed by atoms with Gasteiger partial charge in [0.15, 0.2) is 5.12 Å². The van der Waals surface area contributed by atoms with Gasteiger partial charge in [-0.2, -0.15) is 0 Å². The van der Waals surface area contributed by atoms with Crippen molar-refractivity contribution in [1.29, 1.82) is 0 Å². The molecule has 0 fully saturated rings. The van der Waals surface area contributed by atoms with Gasteiger partial charge in [-0.25, -0.2) is 9.36 Å². The minimum Gasteiger partial charge on any atom is -0.462 e. The van der Waals surface area contributed by atoms with E-state index in [9.17, 15) is 14.2 Å². The van der Waals surface area contributed by atoms with Crippen LogP contribution in [0.3, 0.4) is 0 Å². The van der Waals surface area contributed by atoms with E-state index >= 15 is 0 Å². The van der Waals surface area contributed by atoms with E-state index in [1.54, 1.807) is 32.0 Å². The third-order valence-electron chi connectivity index (χ3n) is 3.21. The topological polar surface area (TPSA) is 88.1 Å². The Morgan fingerprint density at radius 2 is 1.67 bits per heavy atom. The molecule has 0 heterocycles.